The monoisotopic (exact) mass is 130 g/mol. The van der Waals surface area contributed by atoms with E-state index in [4.69, 9.17) is 4.74 Å². The highest BCUT2D eigenvalue weighted by Gasteiger charge is 2.05. The van der Waals surface area contributed by atoms with Crippen molar-refractivity contribution in [2.24, 2.45) is 5.92 Å². The van der Waals surface area contributed by atoms with Gasteiger partial charge in [0.15, 0.2) is 0 Å². The first-order valence-corrected chi connectivity index (χ1v) is 3.18. The fourth-order valence-corrected chi connectivity index (χ4v) is 0.498. The fourth-order valence-electron chi connectivity index (χ4n) is 0.498. The summed E-state index contributed by atoms with van der Waals surface area (Å²) in [7, 11) is 1.65. The van der Waals surface area contributed by atoms with Gasteiger partial charge in [0.1, 0.15) is 5.78 Å². The molecule has 0 aromatic rings. The topological polar surface area (TPSA) is 26.3 Å². The Labute approximate surface area is 56.2 Å². The zero-order valence-corrected chi connectivity index (χ0v) is 6.31. The molecule has 0 bridgehead atoms. The summed E-state index contributed by atoms with van der Waals surface area (Å²) in [5.74, 6) is 0.400. The average Bonchev–Trinajstić information content (AvgIpc) is 1.82. The predicted octanol–water partition coefficient (Wildman–Crippen LogP) is 1.25. The van der Waals surface area contributed by atoms with Crippen LogP contribution in [0.15, 0.2) is 0 Å². The molecule has 0 aliphatic rings. The molecule has 0 amide bonds. The van der Waals surface area contributed by atoms with Crippen molar-refractivity contribution in [1.29, 1.82) is 0 Å². The Morgan fingerprint density at radius 1 is 1.67 bits per heavy atom. The number of ether oxygens (including phenoxy) is 1. The van der Waals surface area contributed by atoms with Crippen LogP contribution in [0.25, 0.3) is 0 Å². The van der Waals surface area contributed by atoms with E-state index in [2.05, 4.69) is 0 Å². The Morgan fingerprint density at radius 2 is 2.22 bits per heavy atom. The third kappa shape index (κ3) is 4.15. The maximum absolute atomic E-state index is 10.6. The zero-order valence-electron chi connectivity index (χ0n) is 6.31. The first-order chi connectivity index (χ1) is 4.18. The Bertz CT molecular complexity index is 88.9. The number of carbonyl (C=O) groups is 1. The van der Waals surface area contributed by atoms with Crippen LogP contribution in [0.1, 0.15) is 20.3 Å². The summed E-state index contributed by atoms with van der Waals surface area (Å²) in [6.45, 7) is 4.21. The van der Waals surface area contributed by atoms with Crippen LogP contribution in [-0.4, -0.2) is 19.5 Å². The van der Waals surface area contributed by atoms with E-state index in [9.17, 15) is 4.79 Å². The third-order valence-electron chi connectivity index (χ3n) is 1.45. The van der Waals surface area contributed by atoms with E-state index in [0.717, 1.165) is 6.42 Å². The number of hydrogen-bond acceptors (Lipinski definition) is 2. The molecule has 0 saturated carbocycles. The van der Waals surface area contributed by atoms with E-state index in [1.54, 1.807) is 14.0 Å². The maximum Gasteiger partial charge on any atom is 0.132 e. The molecule has 2 heteroatoms. The second-order valence-electron chi connectivity index (χ2n) is 2.29. The van der Waals surface area contributed by atoms with Crippen molar-refractivity contribution in [3.05, 3.63) is 0 Å². The van der Waals surface area contributed by atoms with E-state index >= 15 is 0 Å². The van der Waals surface area contributed by atoms with E-state index in [0.29, 0.717) is 6.61 Å². The molecule has 0 heterocycles. The summed E-state index contributed by atoms with van der Waals surface area (Å²) in [5, 5.41) is 0. The van der Waals surface area contributed by atoms with Crippen LogP contribution in [0, 0.1) is 5.92 Å². The molecular formula is C7H14O2. The Hall–Kier alpha value is -0.370. The molecule has 0 rings (SSSR count). The van der Waals surface area contributed by atoms with Gasteiger partial charge in [0.2, 0.25) is 0 Å². The molecule has 0 radical (unpaired) electrons. The summed E-state index contributed by atoms with van der Waals surface area (Å²) < 4.78 is 4.81. The standard InChI is InChI=1S/C7H14O2/c1-6(7(2)8)4-5-9-3/h6H,4-5H2,1-3H3. The van der Waals surface area contributed by atoms with E-state index < -0.39 is 0 Å². The Kier molecular flexibility index (Phi) is 4.32. The van der Waals surface area contributed by atoms with Gasteiger partial charge < -0.3 is 4.74 Å². The fraction of sp³-hybridized carbons (Fsp3) is 0.857. The van der Waals surface area contributed by atoms with Gasteiger partial charge in [0, 0.05) is 19.6 Å². The van der Waals surface area contributed by atoms with E-state index in [1.165, 1.54) is 0 Å². The molecule has 9 heavy (non-hydrogen) atoms. The molecule has 0 N–H and O–H groups in total. The smallest absolute Gasteiger partial charge is 0.132 e. The largest absolute Gasteiger partial charge is 0.385 e. The van der Waals surface area contributed by atoms with Gasteiger partial charge in [-0.2, -0.15) is 0 Å². The second kappa shape index (κ2) is 4.50. The van der Waals surface area contributed by atoms with Crippen LogP contribution in [0.5, 0.6) is 0 Å². The van der Waals surface area contributed by atoms with Gasteiger partial charge in [0.05, 0.1) is 0 Å². The molecule has 0 saturated heterocycles. The number of rotatable bonds is 4. The molecule has 1 atom stereocenters. The van der Waals surface area contributed by atoms with Crippen LogP contribution >= 0.6 is 0 Å². The van der Waals surface area contributed by atoms with Crippen molar-refractivity contribution in [3.63, 3.8) is 0 Å². The van der Waals surface area contributed by atoms with Gasteiger partial charge in [-0.15, -0.1) is 0 Å². The van der Waals surface area contributed by atoms with Gasteiger partial charge in [-0.25, -0.2) is 0 Å². The first kappa shape index (κ1) is 8.63. The van der Waals surface area contributed by atoms with Crippen molar-refractivity contribution < 1.29 is 9.53 Å². The maximum atomic E-state index is 10.6. The summed E-state index contributed by atoms with van der Waals surface area (Å²) >= 11 is 0. The Balaban J connectivity index is 3.27. The van der Waals surface area contributed by atoms with Crippen molar-refractivity contribution in [2.75, 3.05) is 13.7 Å². The lowest BCUT2D eigenvalue weighted by molar-refractivity contribution is -0.120. The highest BCUT2D eigenvalue weighted by atomic mass is 16.5. The van der Waals surface area contributed by atoms with Crippen molar-refractivity contribution >= 4 is 5.78 Å². The summed E-state index contributed by atoms with van der Waals surface area (Å²) in [6, 6.07) is 0. The Morgan fingerprint density at radius 3 is 2.56 bits per heavy atom. The minimum Gasteiger partial charge on any atom is -0.385 e. The second-order valence-corrected chi connectivity index (χ2v) is 2.29. The van der Waals surface area contributed by atoms with Crippen LogP contribution in [0.2, 0.25) is 0 Å². The van der Waals surface area contributed by atoms with E-state index in [-0.39, 0.29) is 11.7 Å². The van der Waals surface area contributed by atoms with Gasteiger partial charge in [-0.3, -0.25) is 4.79 Å². The molecule has 0 fully saturated rings. The molecule has 2 nitrogen and oxygen atoms in total. The average molecular weight is 130 g/mol. The number of methoxy groups -OCH3 is 1. The molecule has 0 aliphatic carbocycles. The SMILES string of the molecule is COCCC(C)C(C)=O. The number of hydrogen-bond donors (Lipinski definition) is 0. The lowest BCUT2D eigenvalue weighted by Crippen LogP contribution is -2.08. The number of carbonyl (C=O) groups excluding carboxylic acids is 1. The molecule has 0 aromatic heterocycles. The highest BCUT2D eigenvalue weighted by Crippen LogP contribution is 2.01. The molecule has 0 spiro atoms. The van der Waals surface area contributed by atoms with Crippen LogP contribution in [-0.2, 0) is 9.53 Å². The van der Waals surface area contributed by atoms with Crippen LogP contribution in [0.4, 0.5) is 0 Å². The highest BCUT2D eigenvalue weighted by molar-refractivity contribution is 5.77. The molecule has 0 aromatic carbocycles. The lowest BCUT2D eigenvalue weighted by atomic mass is 10.1. The van der Waals surface area contributed by atoms with Gasteiger partial charge in [-0.05, 0) is 13.3 Å². The summed E-state index contributed by atoms with van der Waals surface area (Å²) in [4.78, 5) is 10.6. The van der Waals surface area contributed by atoms with Gasteiger partial charge in [0.25, 0.3) is 0 Å². The predicted molar refractivity (Wildman–Crippen MR) is 36.3 cm³/mol. The third-order valence-corrected chi connectivity index (χ3v) is 1.45. The normalized spacial score (nSPS) is 13.2. The van der Waals surface area contributed by atoms with Crippen LogP contribution in [0.3, 0.4) is 0 Å². The van der Waals surface area contributed by atoms with Crippen molar-refractivity contribution in [3.8, 4) is 0 Å². The van der Waals surface area contributed by atoms with Crippen LogP contribution < -0.4 is 0 Å². The summed E-state index contributed by atoms with van der Waals surface area (Å²) in [5.41, 5.74) is 0. The van der Waals surface area contributed by atoms with Crippen molar-refractivity contribution in [1.82, 2.24) is 0 Å². The molecule has 54 valence electrons. The van der Waals surface area contributed by atoms with Gasteiger partial charge in [-0.1, -0.05) is 6.92 Å². The molecular weight excluding hydrogens is 116 g/mol. The quantitative estimate of drug-likeness (QED) is 0.572. The van der Waals surface area contributed by atoms with Crippen molar-refractivity contribution in [2.45, 2.75) is 20.3 Å². The van der Waals surface area contributed by atoms with E-state index in [1.807, 2.05) is 6.92 Å². The summed E-state index contributed by atoms with van der Waals surface area (Å²) in [6.07, 6.45) is 0.839. The number of Topliss-reactive ketones (excluding diaryl/α,β-unsaturated/α-hetero) is 1. The minimum atomic E-state index is 0.157. The van der Waals surface area contributed by atoms with Gasteiger partial charge >= 0.3 is 0 Å². The zero-order chi connectivity index (χ0) is 7.28. The molecule has 1 unspecified atom stereocenters. The minimum absolute atomic E-state index is 0.157. The number of ketones is 1. The first-order valence-electron chi connectivity index (χ1n) is 3.18. The molecule has 0 aliphatic heterocycles. The lowest BCUT2D eigenvalue weighted by Gasteiger charge is -2.04.